The maximum Gasteiger partial charge on any atom is 0.330 e. The van der Waals surface area contributed by atoms with E-state index in [-0.39, 0.29) is 28.7 Å². The minimum Gasteiger partial charge on any atom is -0.384 e. The molecule has 0 atom stereocenters. The summed E-state index contributed by atoms with van der Waals surface area (Å²) in [5.74, 6) is -0.853. The number of carbonyl (C=O) groups excluding carboxylic acids is 1. The van der Waals surface area contributed by atoms with Crippen molar-refractivity contribution in [2.75, 3.05) is 11.5 Å². The van der Waals surface area contributed by atoms with E-state index < -0.39 is 17.0 Å². The van der Waals surface area contributed by atoms with Crippen molar-refractivity contribution in [3.63, 3.8) is 0 Å². The molecule has 3 N–H and O–H groups in total. The Hall–Kier alpha value is -3.92. The number of benzene rings is 2. The first-order chi connectivity index (χ1) is 16.8. The van der Waals surface area contributed by atoms with Crippen LogP contribution in [-0.4, -0.2) is 30.6 Å². The van der Waals surface area contributed by atoms with Crippen molar-refractivity contribution >= 4 is 34.3 Å². The number of aromatic amines is 1. The van der Waals surface area contributed by atoms with Crippen LogP contribution in [0.4, 0.5) is 5.82 Å². The zero-order chi connectivity index (χ0) is 24.9. The van der Waals surface area contributed by atoms with E-state index >= 15 is 0 Å². The van der Waals surface area contributed by atoms with E-state index in [0.717, 1.165) is 35.7 Å². The van der Waals surface area contributed by atoms with Crippen molar-refractivity contribution in [3.05, 3.63) is 90.3 Å². The highest BCUT2D eigenvalue weighted by Gasteiger charge is 2.30. The third kappa shape index (κ3) is 4.10. The molecule has 1 saturated carbocycles. The number of ketones is 1. The van der Waals surface area contributed by atoms with Crippen LogP contribution in [0.15, 0.2) is 62.0 Å². The number of fused-ring (bicyclic) bond motifs is 1. The van der Waals surface area contributed by atoms with Crippen molar-refractivity contribution in [1.29, 1.82) is 0 Å². The molecular weight excluding hydrogens is 466 g/mol. The van der Waals surface area contributed by atoms with E-state index in [1.54, 1.807) is 24.3 Å². The molecule has 1 aliphatic rings. The highest BCUT2D eigenvalue weighted by molar-refractivity contribution is 7.99. The Bertz CT molecular complexity index is 1680. The lowest BCUT2D eigenvalue weighted by atomic mass is 10.1. The monoisotopic (exact) mass is 489 g/mol. The molecule has 2 aromatic heterocycles. The van der Waals surface area contributed by atoms with Gasteiger partial charge in [-0.25, -0.2) is 9.78 Å². The molecule has 0 spiro atoms. The van der Waals surface area contributed by atoms with Gasteiger partial charge in [-0.15, -0.1) is 0 Å². The summed E-state index contributed by atoms with van der Waals surface area (Å²) in [6.45, 7) is 3.88. The van der Waals surface area contributed by atoms with Crippen LogP contribution in [-0.2, 0) is 0 Å². The lowest BCUT2D eigenvalue weighted by molar-refractivity contribution is 0.102. The first kappa shape index (κ1) is 22.9. The molecule has 1 aliphatic carbocycles. The van der Waals surface area contributed by atoms with Crippen LogP contribution in [0, 0.1) is 13.8 Å². The second-order valence-electron chi connectivity index (χ2n) is 8.67. The SMILES string of the molecule is Cc1ccc(-n2c(SCC(=O)c3c(N)n(C4CC4)c(=O)[nH]c3=O)nc3ccccc3c2=O)c(C)c1. The third-order valence-corrected chi connectivity index (χ3v) is 6.98. The number of para-hydroxylation sites is 1. The summed E-state index contributed by atoms with van der Waals surface area (Å²) in [5.41, 5.74) is 7.28. The van der Waals surface area contributed by atoms with Gasteiger partial charge in [-0.1, -0.05) is 41.6 Å². The van der Waals surface area contributed by atoms with Crippen molar-refractivity contribution in [1.82, 2.24) is 19.1 Å². The van der Waals surface area contributed by atoms with Crippen molar-refractivity contribution in [2.24, 2.45) is 0 Å². The quantitative estimate of drug-likeness (QED) is 0.242. The highest BCUT2D eigenvalue weighted by atomic mass is 32.2. The number of Topliss-reactive ketones (excluding diaryl/α,β-unsaturated/α-hetero) is 1. The van der Waals surface area contributed by atoms with Crippen LogP contribution in [0.25, 0.3) is 16.6 Å². The molecule has 178 valence electrons. The van der Waals surface area contributed by atoms with Crippen LogP contribution in [0.2, 0.25) is 0 Å². The van der Waals surface area contributed by atoms with Gasteiger partial charge < -0.3 is 5.73 Å². The molecule has 4 aromatic rings. The Morgan fingerprint density at radius 3 is 2.60 bits per heavy atom. The molecule has 1 fully saturated rings. The fourth-order valence-electron chi connectivity index (χ4n) is 4.21. The van der Waals surface area contributed by atoms with Crippen molar-refractivity contribution in [3.8, 4) is 5.69 Å². The Morgan fingerprint density at radius 1 is 1.14 bits per heavy atom. The van der Waals surface area contributed by atoms with Gasteiger partial charge in [0.05, 0.1) is 22.3 Å². The molecule has 0 saturated heterocycles. The molecule has 0 bridgehead atoms. The smallest absolute Gasteiger partial charge is 0.330 e. The Kier molecular flexibility index (Phi) is 5.68. The summed E-state index contributed by atoms with van der Waals surface area (Å²) in [5, 5.41) is 0.778. The number of nitrogens with zero attached hydrogens (tertiary/aromatic N) is 3. The van der Waals surface area contributed by atoms with Crippen LogP contribution in [0.3, 0.4) is 0 Å². The first-order valence-electron chi connectivity index (χ1n) is 11.2. The predicted octanol–water partition coefficient (Wildman–Crippen LogP) is 2.74. The van der Waals surface area contributed by atoms with E-state index in [1.807, 2.05) is 32.0 Å². The lowest BCUT2D eigenvalue weighted by Crippen LogP contribution is -2.36. The lowest BCUT2D eigenvalue weighted by Gasteiger charge is -2.16. The summed E-state index contributed by atoms with van der Waals surface area (Å²) in [6, 6.07) is 12.6. The second kappa shape index (κ2) is 8.70. The molecule has 0 amide bonds. The average molecular weight is 490 g/mol. The number of hydrogen-bond acceptors (Lipinski definition) is 7. The molecule has 0 unspecified atom stereocenters. The highest BCUT2D eigenvalue weighted by Crippen LogP contribution is 2.35. The summed E-state index contributed by atoms with van der Waals surface area (Å²) in [7, 11) is 0. The first-order valence-corrected chi connectivity index (χ1v) is 12.1. The Morgan fingerprint density at radius 2 is 1.89 bits per heavy atom. The maximum absolute atomic E-state index is 13.5. The molecule has 0 radical (unpaired) electrons. The summed E-state index contributed by atoms with van der Waals surface area (Å²) < 4.78 is 2.77. The molecule has 35 heavy (non-hydrogen) atoms. The summed E-state index contributed by atoms with van der Waals surface area (Å²) in [6.07, 6.45) is 1.53. The van der Waals surface area contributed by atoms with Gasteiger partial charge in [0, 0.05) is 6.04 Å². The van der Waals surface area contributed by atoms with Gasteiger partial charge in [0.1, 0.15) is 11.4 Å². The fourth-order valence-corrected chi connectivity index (χ4v) is 5.09. The van der Waals surface area contributed by atoms with E-state index in [1.165, 1.54) is 9.13 Å². The van der Waals surface area contributed by atoms with Crippen LogP contribution in [0.1, 0.15) is 40.4 Å². The number of anilines is 1. The molecule has 0 aliphatic heterocycles. The predicted molar refractivity (Wildman–Crippen MR) is 136 cm³/mol. The average Bonchev–Trinajstić information content (AvgIpc) is 3.63. The normalized spacial score (nSPS) is 13.3. The van der Waals surface area contributed by atoms with Gasteiger partial charge >= 0.3 is 5.69 Å². The van der Waals surface area contributed by atoms with Crippen LogP contribution >= 0.6 is 11.8 Å². The molecule has 2 aromatic carbocycles. The standard InChI is InChI=1S/C25H23N5O4S/c1-13-7-10-18(14(2)11-13)30-23(33)16-5-3-4-6-17(16)27-25(30)35-12-19(31)20-21(26)29(15-8-9-15)24(34)28-22(20)32/h3-7,10-11,15H,8-9,12,26H2,1-2H3,(H,28,32,34). The molecule has 9 nitrogen and oxygen atoms in total. The van der Waals surface area contributed by atoms with Crippen LogP contribution in [0.5, 0.6) is 0 Å². The van der Waals surface area contributed by atoms with Gasteiger partial charge in [-0.3, -0.25) is 28.5 Å². The zero-order valence-electron chi connectivity index (χ0n) is 19.2. The summed E-state index contributed by atoms with van der Waals surface area (Å²) in [4.78, 5) is 58.1. The number of aromatic nitrogens is 4. The number of hydrogen-bond donors (Lipinski definition) is 2. The number of nitrogens with two attached hydrogens (primary N) is 1. The molecule has 5 rings (SSSR count). The number of aryl methyl sites for hydroxylation is 2. The van der Waals surface area contributed by atoms with E-state index in [0.29, 0.717) is 21.7 Å². The Balaban J connectivity index is 1.58. The van der Waals surface area contributed by atoms with Gasteiger partial charge in [-0.05, 0) is 50.5 Å². The molecular formula is C25H23N5O4S. The van der Waals surface area contributed by atoms with Gasteiger partial charge in [0.25, 0.3) is 11.1 Å². The number of carbonyl (C=O) groups is 1. The maximum atomic E-state index is 13.5. The second-order valence-corrected chi connectivity index (χ2v) is 9.62. The minimum absolute atomic E-state index is 0.101. The Labute approximate surface area is 203 Å². The van der Waals surface area contributed by atoms with Gasteiger partial charge in [0.2, 0.25) is 0 Å². The number of H-pyrrole nitrogens is 1. The summed E-state index contributed by atoms with van der Waals surface area (Å²) >= 11 is 1.04. The van der Waals surface area contributed by atoms with Crippen LogP contribution < -0.4 is 22.5 Å². The van der Waals surface area contributed by atoms with Gasteiger partial charge in [0.15, 0.2) is 10.9 Å². The van der Waals surface area contributed by atoms with E-state index in [4.69, 9.17) is 5.73 Å². The molecule has 10 heteroatoms. The topological polar surface area (TPSA) is 133 Å². The number of nitrogen functional groups attached to an aromatic ring is 1. The van der Waals surface area contributed by atoms with E-state index in [9.17, 15) is 19.2 Å². The van der Waals surface area contributed by atoms with Crippen molar-refractivity contribution in [2.45, 2.75) is 37.9 Å². The minimum atomic E-state index is -0.812. The van der Waals surface area contributed by atoms with E-state index in [2.05, 4.69) is 9.97 Å². The molecule has 2 heterocycles. The zero-order valence-corrected chi connectivity index (χ0v) is 20.0. The largest absolute Gasteiger partial charge is 0.384 e. The third-order valence-electron chi connectivity index (χ3n) is 6.04. The van der Waals surface area contributed by atoms with Crippen molar-refractivity contribution < 1.29 is 4.79 Å². The fraction of sp³-hybridized carbons (Fsp3) is 0.240. The number of rotatable bonds is 6. The number of thioether (sulfide) groups is 1. The van der Waals surface area contributed by atoms with Gasteiger partial charge in [-0.2, -0.15) is 0 Å². The number of nitrogens with one attached hydrogen (secondary N) is 1.